The van der Waals surface area contributed by atoms with Crippen LogP contribution in [0.4, 0.5) is 0 Å². The molecule has 0 saturated carbocycles. The molecule has 0 aliphatic rings. The number of hydrogen-bond donors (Lipinski definition) is 1. The quantitative estimate of drug-likeness (QED) is 0.583. The van der Waals surface area contributed by atoms with Gasteiger partial charge in [0.25, 0.3) is 0 Å². The van der Waals surface area contributed by atoms with E-state index in [1.54, 1.807) is 0 Å². The number of carbonyl (C=O) groups is 1. The van der Waals surface area contributed by atoms with Crippen LogP contribution in [0.25, 0.3) is 32.6 Å². The molecule has 0 unspecified atom stereocenters. The summed E-state index contributed by atoms with van der Waals surface area (Å²) in [6, 6.07) is 9.90. The van der Waals surface area contributed by atoms with Crippen LogP contribution < -0.4 is 5.73 Å². The number of aryl methyl sites for hydroxylation is 1. The Hall–Kier alpha value is -2.92. The minimum atomic E-state index is -0.366. The first-order valence-electron chi connectivity index (χ1n) is 8.24. The lowest BCUT2D eigenvalue weighted by atomic mass is 9.96. The van der Waals surface area contributed by atoms with Crippen molar-refractivity contribution in [1.82, 2.24) is 9.55 Å². The Morgan fingerprint density at radius 2 is 2.00 bits per heavy atom. The number of pyridine rings is 1. The second-order valence-corrected chi connectivity index (χ2v) is 6.14. The van der Waals surface area contributed by atoms with E-state index in [1.165, 1.54) is 7.11 Å². The van der Waals surface area contributed by atoms with Crippen LogP contribution in [0.3, 0.4) is 0 Å². The molecule has 2 aromatic carbocycles. The van der Waals surface area contributed by atoms with Crippen molar-refractivity contribution in [3.8, 4) is 0 Å². The lowest BCUT2D eigenvalue weighted by Gasteiger charge is -2.13. The molecular weight excluding hydrogens is 314 g/mol. The van der Waals surface area contributed by atoms with E-state index in [0.717, 1.165) is 39.2 Å². The number of aromatic nitrogens is 2. The van der Waals surface area contributed by atoms with E-state index in [4.69, 9.17) is 15.5 Å². The van der Waals surface area contributed by atoms with Crippen molar-refractivity contribution in [2.45, 2.75) is 13.5 Å². The lowest BCUT2D eigenvalue weighted by Crippen LogP contribution is -2.10. The fourth-order valence-electron chi connectivity index (χ4n) is 3.56. The van der Waals surface area contributed by atoms with Crippen LogP contribution in [0.15, 0.2) is 42.7 Å². The van der Waals surface area contributed by atoms with Crippen LogP contribution in [0.1, 0.15) is 15.9 Å². The third-order valence-corrected chi connectivity index (χ3v) is 4.72. The molecule has 0 aliphatic heterocycles. The van der Waals surface area contributed by atoms with Crippen LogP contribution >= 0.6 is 0 Å². The molecule has 0 bridgehead atoms. The molecule has 0 radical (unpaired) electrons. The molecule has 4 rings (SSSR count). The molecule has 126 valence electrons. The number of para-hydroxylation sites is 1. The van der Waals surface area contributed by atoms with Gasteiger partial charge in [0.15, 0.2) is 0 Å². The third kappa shape index (κ3) is 2.27. The molecule has 5 nitrogen and oxygen atoms in total. The van der Waals surface area contributed by atoms with Crippen molar-refractivity contribution in [2.75, 3.05) is 13.7 Å². The van der Waals surface area contributed by atoms with Gasteiger partial charge in [-0.3, -0.25) is 0 Å². The van der Waals surface area contributed by atoms with Crippen LogP contribution in [-0.2, 0) is 11.3 Å². The zero-order valence-corrected chi connectivity index (χ0v) is 14.2. The van der Waals surface area contributed by atoms with Gasteiger partial charge in [-0.05, 0) is 24.6 Å². The number of nitrogens with zero attached hydrogens (tertiary/aromatic N) is 2. The molecule has 0 aliphatic carbocycles. The van der Waals surface area contributed by atoms with Gasteiger partial charge in [-0.2, -0.15) is 0 Å². The van der Waals surface area contributed by atoms with Gasteiger partial charge >= 0.3 is 5.97 Å². The largest absolute Gasteiger partial charge is 0.465 e. The highest BCUT2D eigenvalue weighted by Gasteiger charge is 2.22. The van der Waals surface area contributed by atoms with Crippen molar-refractivity contribution >= 4 is 38.5 Å². The number of rotatable bonds is 3. The summed E-state index contributed by atoms with van der Waals surface area (Å²) >= 11 is 0. The maximum atomic E-state index is 12.6. The van der Waals surface area contributed by atoms with Gasteiger partial charge in [0.2, 0.25) is 0 Å². The Labute approximate surface area is 145 Å². The Bertz CT molecular complexity index is 1130. The van der Waals surface area contributed by atoms with E-state index in [9.17, 15) is 4.79 Å². The number of nitrogens with two attached hydrogens (primary N) is 1. The summed E-state index contributed by atoms with van der Waals surface area (Å²) in [4.78, 5) is 17.3. The SMILES string of the molecule is COC(=O)c1c2ccn(CCN)cc2c(C)c2c1nc1ccccc12. The van der Waals surface area contributed by atoms with Gasteiger partial charge in [-0.15, -0.1) is 0 Å². The van der Waals surface area contributed by atoms with Crippen LogP contribution in [0, 0.1) is 6.92 Å². The van der Waals surface area contributed by atoms with Crippen molar-refractivity contribution in [3.05, 3.63) is 53.9 Å². The summed E-state index contributed by atoms with van der Waals surface area (Å²) < 4.78 is 7.10. The maximum Gasteiger partial charge on any atom is 0.340 e. The second-order valence-electron chi connectivity index (χ2n) is 6.14. The van der Waals surface area contributed by atoms with Crippen molar-refractivity contribution in [2.24, 2.45) is 5.73 Å². The highest BCUT2D eigenvalue weighted by molar-refractivity contribution is 6.23. The number of hydrogen-bond acceptors (Lipinski definition) is 4. The first-order chi connectivity index (χ1) is 12.2. The van der Waals surface area contributed by atoms with Crippen LogP contribution in [0.2, 0.25) is 0 Å². The van der Waals surface area contributed by atoms with Gasteiger partial charge < -0.3 is 15.0 Å². The maximum absolute atomic E-state index is 12.6. The summed E-state index contributed by atoms with van der Waals surface area (Å²) in [6.07, 6.45) is 3.99. The zero-order chi connectivity index (χ0) is 17.6. The molecule has 2 heterocycles. The average molecular weight is 333 g/mol. The fraction of sp³-hybridized carbons (Fsp3) is 0.200. The number of ether oxygens (including phenoxy) is 1. The molecule has 25 heavy (non-hydrogen) atoms. The van der Waals surface area contributed by atoms with Crippen molar-refractivity contribution in [1.29, 1.82) is 0 Å². The first kappa shape index (κ1) is 15.6. The summed E-state index contributed by atoms with van der Waals surface area (Å²) in [5.41, 5.74) is 8.91. The molecular formula is C20H19N3O2. The molecule has 0 atom stereocenters. The molecule has 0 amide bonds. The highest BCUT2D eigenvalue weighted by atomic mass is 16.5. The third-order valence-electron chi connectivity index (χ3n) is 4.72. The molecule has 0 saturated heterocycles. The Morgan fingerprint density at radius 3 is 2.76 bits per heavy atom. The average Bonchev–Trinajstić information content (AvgIpc) is 3.01. The Kier molecular flexibility index (Phi) is 3.66. The smallest absolute Gasteiger partial charge is 0.340 e. The number of fused-ring (bicyclic) bond motifs is 4. The second kappa shape index (κ2) is 5.86. The van der Waals surface area contributed by atoms with Gasteiger partial charge in [0.05, 0.1) is 23.7 Å². The molecule has 2 N–H and O–H groups in total. The van der Waals surface area contributed by atoms with Crippen molar-refractivity contribution < 1.29 is 9.53 Å². The topological polar surface area (TPSA) is 70.1 Å². The van der Waals surface area contributed by atoms with E-state index in [2.05, 4.69) is 6.92 Å². The van der Waals surface area contributed by atoms with Crippen LogP contribution in [0.5, 0.6) is 0 Å². The normalized spacial score (nSPS) is 11.5. The molecule has 2 aromatic heterocycles. The van der Waals surface area contributed by atoms with Gasteiger partial charge in [-0.25, -0.2) is 9.78 Å². The number of carbonyl (C=O) groups excluding carboxylic acids is 1. The number of methoxy groups -OCH3 is 1. The summed E-state index contributed by atoms with van der Waals surface area (Å²) in [6.45, 7) is 3.36. The number of benzene rings is 2. The van der Waals surface area contributed by atoms with E-state index in [0.29, 0.717) is 17.6 Å². The summed E-state index contributed by atoms with van der Waals surface area (Å²) in [7, 11) is 1.40. The lowest BCUT2D eigenvalue weighted by molar-refractivity contribution is 0.0605. The van der Waals surface area contributed by atoms with E-state index in [1.807, 2.05) is 47.3 Å². The molecule has 5 heteroatoms. The van der Waals surface area contributed by atoms with Crippen molar-refractivity contribution in [3.63, 3.8) is 0 Å². The van der Waals surface area contributed by atoms with E-state index in [-0.39, 0.29) is 5.97 Å². The minimum Gasteiger partial charge on any atom is -0.465 e. The standard InChI is InChI=1S/C20H19N3O2/c1-12-15-11-23(10-8-21)9-7-13(15)18(20(24)25-2)19-17(12)14-5-3-4-6-16(14)22-19/h3-7,9,11H,8,10,21H2,1-2H3. The predicted octanol–water partition coefficient (Wildman–Crippen LogP) is 3.40. The highest BCUT2D eigenvalue weighted by Crippen LogP contribution is 2.37. The van der Waals surface area contributed by atoms with Crippen LogP contribution in [-0.4, -0.2) is 29.2 Å². The molecule has 0 fully saturated rings. The first-order valence-corrected chi connectivity index (χ1v) is 8.24. The van der Waals surface area contributed by atoms with E-state index >= 15 is 0 Å². The Balaban J connectivity index is 2.23. The number of esters is 1. The van der Waals surface area contributed by atoms with E-state index < -0.39 is 0 Å². The zero-order valence-electron chi connectivity index (χ0n) is 14.2. The summed E-state index contributed by atoms with van der Waals surface area (Å²) in [5, 5.41) is 3.93. The molecule has 4 aromatic rings. The van der Waals surface area contributed by atoms with Gasteiger partial charge in [0, 0.05) is 47.0 Å². The predicted molar refractivity (Wildman–Crippen MR) is 99.9 cm³/mol. The summed E-state index contributed by atoms with van der Waals surface area (Å²) in [5.74, 6) is -0.366. The minimum absolute atomic E-state index is 0.366. The monoisotopic (exact) mass is 333 g/mol. The molecule has 0 spiro atoms. The van der Waals surface area contributed by atoms with Gasteiger partial charge in [0.1, 0.15) is 0 Å². The Morgan fingerprint density at radius 1 is 1.20 bits per heavy atom. The fourth-order valence-corrected chi connectivity index (χ4v) is 3.56. The van der Waals surface area contributed by atoms with Gasteiger partial charge in [-0.1, -0.05) is 18.2 Å².